The summed E-state index contributed by atoms with van der Waals surface area (Å²) in [5, 5.41) is 14.6. The zero-order chi connectivity index (χ0) is 21.7. The molecule has 10 heteroatoms. The fourth-order valence-electron chi connectivity index (χ4n) is 3.23. The Balaban J connectivity index is 1.82. The lowest BCUT2D eigenvalue weighted by Crippen LogP contribution is -2.35. The number of morpholine rings is 1. The van der Waals surface area contributed by atoms with E-state index < -0.39 is 14.9 Å². The van der Waals surface area contributed by atoms with E-state index in [1.165, 1.54) is 12.1 Å². The molecule has 0 bridgehead atoms. The Hall–Kier alpha value is -2.53. The van der Waals surface area contributed by atoms with E-state index in [0.717, 1.165) is 31.3 Å². The average Bonchev–Trinajstić information content (AvgIpc) is 2.68. The van der Waals surface area contributed by atoms with Crippen LogP contribution in [0.15, 0.2) is 47.4 Å². The summed E-state index contributed by atoms with van der Waals surface area (Å²) in [5.41, 5.74) is 1.69. The molecule has 2 aromatic carbocycles. The first kappa shape index (κ1) is 22.2. The van der Waals surface area contributed by atoms with Gasteiger partial charge in [0.15, 0.2) is 0 Å². The SMILES string of the molecule is CC(C)NS(=O)(=O)c1ccc(Nc2cccc(CN3CCOCC3)c2)c([N+](=O)[O-])c1. The smallest absolute Gasteiger partial charge is 0.294 e. The highest BCUT2D eigenvalue weighted by molar-refractivity contribution is 7.89. The lowest BCUT2D eigenvalue weighted by molar-refractivity contribution is -0.384. The third-order valence-electron chi connectivity index (χ3n) is 4.58. The number of hydrogen-bond donors (Lipinski definition) is 2. The van der Waals surface area contributed by atoms with E-state index in [4.69, 9.17) is 4.74 Å². The van der Waals surface area contributed by atoms with Gasteiger partial charge in [0.05, 0.1) is 23.0 Å². The molecule has 0 aromatic heterocycles. The zero-order valence-corrected chi connectivity index (χ0v) is 17.8. The molecule has 1 aliphatic heterocycles. The molecule has 1 saturated heterocycles. The normalized spacial score (nSPS) is 15.3. The van der Waals surface area contributed by atoms with Crippen molar-refractivity contribution in [1.29, 1.82) is 0 Å². The number of nitro groups is 1. The second-order valence-electron chi connectivity index (χ2n) is 7.43. The Morgan fingerprint density at radius 3 is 2.57 bits per heavy atom. The fourth-order valence-corrected chi connectivity index (χ4v) is 4.50. The van der Waals surface area contributed by atoms with Crippen molar-refractivity contribution in [1.82, 2.24) is 9.62 Å². The van der Waals surface area contributed by atoms with Gasteiger partial charge >= 0.3 is 0 Å². The van der Waals surface area contributed by atoms with E-state index >= 15 is 0 Å². The lowest BCUT2D eigenvalue weighted by Gasteiger charge is -2.26. The van der Waals surface area contributed by atoms with Crippen LogP contribution in [0.4, 0.5) is 17.1 Å². The van der Waals surface area contributed by atoms with E-state index in [1.807, 2.05) is 24.3 Å². The van der Waals surface area contributed by atoms with E-state index in [2.05, 4.69) is 14.9 Å². The summed E-state index contributed by atoms with van der Waals surface area (Å²) < 4.78 is 32.5. The van der Waals surface area contributed by atoms with Crippen molar-refractivity contribution >= 4 is 27.1 Å². The first-order valence-corrected chi connectivity index (χ1v) is 11.2. The molecule has 2 aromatic rings. The minimum Gasteiger partial charge on any atom is -0.379 e. The summed E-state index contributed by atoms with van der Waals surface area (Å²) in [6.45, 7) is 7.29. The van der Waals surface area contributed by atoms with Crippen molar-refractivity contribution in [2.75, 3.05) is 31.6 Å². The van der Waals surface area contributed by atoms with E-state index in [9.17, 15) is 18.5 Å². The second kappa shape index (κ2) is 9.52. The van der Waals surface area contributed by atoms with Crippen molar-refractivity contribution in [3.05, 3.63) is 58.1 Å². The van der Waals surface area contributed by atoms with Gasteiger partial charge < -0.3 is 10.1 Å². The van der Waals surface area contributed by atoms with Gasteiger partial charge in [-0.2, -0.15) is 0 Å². The fraction of sp³-hybridized carbons (Fsp3) is 0.400. The molecule has 0 atom stereocenters. The first-order valence-electron chi connectivity index (χ1n) is 9.71. The van der Waals surface area contributed by atoms with E-state index in [1.54, 1.807) is 13.8 Å². The highest BCUT2D eigenvalue weighted by Gasteiger charge is 2.22. The Bertz CT molecular complexity index is 1000. The van der Waals surface area contributed by atoms with Crippen molar-refractivity contribution in [2.24, 2.45) is 0 Å². The van der Waals surface area contributed by atoms with Crippen molar-refractivity contribution in [2.45, 2.75) is 31.3 Å². The van der Waals surface area contributed by atoms with Crippen LogP contribution in [0, 0.1) is 10.1 Å². The topological polar surface area (TPSA) is 114 Å². The number of nitrogens with one attached hydrogen (secondary N) is 2. The van der Waals surface area contributed by atoms with Crippen LogP contribution < -0.4 is 10.0 Å². The quantitative estimate of drug-likeness (QED) is 0.485. The molecule has 30 heavy (non-hydrogen) atoms. The lowest BCUT2D eigenvalue weighted by atomic mass is 10.1. The summed E-state index contributed by atoms with van der Waals surface area (Å²) in [6.07, 6.45) is 0. The van der Waals surface area contributed by atoms with Crippen molar-refractivity contribution in [3.63, 3.8) is 0 Å². The number of rotatable bonds is 8. The largest absolute Gasteiger partial charge is 0.379 e. The van der Waals surface area contributed by atoms with Gasteiger partial charge in [0.25, 0.3) is 5.69 Å². The summed E-state index contributed by atoms with van der Waals surface area (Å²) in [7, 11) is -3.83. The summed E-state index contributed by atoms with van der Waals surface area (Å²) in [5.74, 6) is 0. The summed E-state index contributed by atoms with van der Waals surface area (Å²) in [6, 6.07) is 11.2. The molecule has 162 valence electrons. The monoisotopic (exact) mass is 434 g/mol. The third-order valence-corrected chi connectivity index (χ3v) is 6.24. The van der Waals surface area contributed by atoms with Crippen LogP contribution >= 0.6 is 0 Å². The number of hydrogen-bond acceptors (Lipinski definition) is 7. The van der Waals surface area contributed by atoms with Gasteiger partial charge in [-0.25, -0.2) is 13.1 Å². The molecular weight excluding hydrogens is 408 g/mol. The molecule has 3 rings (SSSR count). The van der Waals surface area contributed by atoms with Crippen LogP contribution in [0.5, 0.6) is 0 Å². The maximum absolute atomic E-state index is 12.4. The summed E-state index contributed by atoms with van der Waals surface area (Å²) >= 11 is 0. The average molecular weight is 435 g/mol. The molecule has 0 aliphatic carbocycles. The Kier molecular flexibility index (Phi) is 7.03. The predicted octanol–water partition coefficient (Wildman–Crippen LogP) is 2.86. The Labute approximate surface area is 176 Å². The highest BCUT2D eigenvalue weighted by atomic mass is 32.2. The van der Waals surface area contributed by atoms with Gasteiger partial charge in [0.1, 0.15) is 5.69 Å². The van der Waals surface area contributed by atoms with Crippen LogP contribution in [0.2, 0.25) is 0 Å². The third kappa shape index (κ3) is 5.76. The molecule has 1 fully saturated rings. The molecule has 0 unspecified atom stereocenters. The molecule has 0 spiro atoms. The molecule has 9 nitrogen and oxygen atoms in total. The van der Waals surface area contributed by atoms with Gasteiger partial charge in [-0.15, -0.1) is 0 Å². The maximum atomic E-state index is 12.4. The number of nitrogens with zero attached hydrogens (tertiary/aromatic N) is 2. The zero-order valence-electron chi connectivity index (χ0n) is 17.0. The molecule has 2 N–H and O–H groups in total. The molecule has 0 saturated carbocycles. The van der Waals surface area contributed by atoms with Crippen LogP contribution in [0.1, 0.15) is 19.4 Å². The Morgan fingerprint density at radius 1 is 1.17 bits per heavy atom. The van der Waals surface area contributed by atoms with Crippen LogP contribution in [0.3, 0.4) is 0 Å². The van der Waals surface area contributed by atoms with E-state index in [0.29, 0.717) is 18.9 Å². The molecule has 0 amide bonds. The number of ether oxygens (including phenoxy) is 1. The minimum absolute atomic E-state index is 0.144. The van der Waals surface area contributed by atoms with Crippen molar-refractivity contribution in [3.8, 4) is 0 Å². The number of anilines is 2. The summed E-state index contributed by atoms with van der Waals surface area (Å²) in [4.78, 5) is 13.1. The van der Waals surface area contributed by atoms with Gasteiger partial charge in [0.2, 0.25) is 10.0 Å². The van der Waals surface area contributed by atoms with Gasteiger partial charge in [-0.1, -0.05) is 12.1 Å². The molecular formula is C20H26N4O5S. The molecule has 0 radical (unpaired) electrons. The van der Waals surface area contributed by atoms with Gasteiger partial charge in [-0.3, -0.25) is 15.0 Å². The molecule has 1 heterocycles. The highest BCUT2D eigenvalue weighted by Crippen LogP contribution is 2.30. The van der Waals surface area contributed by atoms with Crippen LogP contribution in [-0.2, 0) is 21.3 Å². The first-order chi connectivity index (χ1) is 14.2. The standard InChI is InChI=1S/C20H26N4O5S/c1-15(2)22-30(27,28)18-6-7-19(20(13-18)24(25)26)21-17-5-3-4-16(12-17)14-23-8-10-29-11-9-23/h3-7,12-13,15,21-22H,8-11,14H2,1-2H3. The predicted molar refractivity (Wildman–Crippen MR) is 114 cm³/mol. The number of benzene rings is 2. The van der Waals surface area contributed by atoms with Gasteiger partial charge in [0, 0.05) is 37.4 Å². The number of nitro benzene ring substituents is 1. The van der Waals surface area contributed by atoms with Crippen LogP contribution in [0.25, 0.3) is 0 Å². The van der Waals surface area contributed by atoms with E-state index in [-0.39, 0.29) is 22.3 Å². The second-order valence-corrected chi connectivity index (χ2v) is 9.14. The number of sulfonamides is 1. The minimum atomic E-state index is -3.83. The van der Waals surface area contributed by atoms with Gasteiger partial charge in [-0.05, 0) is 43.7 Å². The Morgan fingerprint density at radius 2 is 1.90 bits per heavy atom. The molecule has 1 aliphatic rings. The maximum Gasteiger partial charge on any atom is 0.294 e. The van der Waals surface area contributed by atoms with Crippen molar-refractivity contribution < 1.29 is 18.1 Å². The van der Waals surface area contributed by atoms with Crippen LogP contribution in [-0.4, -0.2) is 50.6 Å².